The highest BCUT2D eigenvalue weighted by Crippen LogP contribution is 2.28. The van der Waals surface area contributed by atoms with Gasteiger partial charge in [-0.3, -0.25) is 4.68 Å². The summed E-state index contributed by atoms with van der Waals surface area (Å²) in [5.74, 6) is 0. The monoisotopic (exact) mass is 263 g/mol. The van der Waals surface area contributed by atoms with Crippen LogP contribution in [0.2, 0.25) is 0 Å². The number of hydrogen-bond donors (Lipinski definition) is 1. The first-order valence-corrected chi connectivity index (χ1v) is 7.74. The van der Waals surface area contributed by atoms with E-state index in [1.54, 1.807) is 0 Å². The van der Waals surface area contributed by atoms with Gasteiger partial charge in [0.1, 0.15) is 0 Å². The van der Waals surface area contributed by atoms with Crippen LogP contribution in [0.4, 0.5) is 0 Å². The molecule has 0 aromatic carbocycles. The Morgan fingerprint density at radius 1 is 1.26 bits per heavy atom. The van der Waals surface area contributed by atoms with Gasteiger partial charge in [0.05, 0.1) is 17.8 Å². The molecule has 1 aliphatic heterocycles. The Balaban J connectivity index is 1.56. The lowest BCUT2D eigenvalue weighted by Gasteiger charge is -2.27. The lowest BCUT2D eigenvalue weighted by molar-refractivity contribution is 0.000441. The zero-order valence-corrected chi connectivity index (χ0v) is 11.6. The standard InChI is InChI=1S/C15H25N3O/c16-14(15-7-3-4-10-19-15)11-12-8-9-18(17-12)13-5-1-2-6-13/h8-9,13-15H,1-7,10-11,16H2. The second kappa shape index (κ2) is 6.06. The van der Waals surface area contributed by atoms with E-state index >= 15 is 0 Å². The molecular formula is C15H25N3O. The molecule has 2 N–H and O–H groups in total. The van der Waals surface area contributed by atoms with E-state index < -0.39 is 0 Å². The van der Waals surface area contributed by atoms with Gasteiger partial charge in [0.25, 0.3) is 0 Å². The number of aromatic nitrogens is 2. The minimum Gasteiger partial charge on any atom is -0.377 e. The number of hydrogen-bond acceptors (Lipinski definition) is 3. The van der Waals surface area contributed by atoms with Gasteiger partial charge in [0.15, 0.2) is 0 Å². The Kier molecular flexibility index (Phi) is 4.18. The maximum atomic E-state index is 6.27. The average molecular weight is 263 g/mol. The minimum atomic E-state index is 0.0900. The van der Waals surface area contributed by atoms with E-state index in [-0.39, 0.29) is 12.1 Å². The van der Waals surface area contributed by atoms with Crippen LogP contribution in [0.5, 0.6) is 0 Å². The van der Waals surface area contributed by atoms with Crippen molar-refractivity contribution in [1.29, 1.82) is 0 Å². The molecule has 4 nitrogen and oxygen atoms in total. The van der Waals surface area contributed by atoms with Gasteiger partial charge >= 0.3 is 0 Å². The summed E-state index contributed by atoms with van der Waals surface area (Å²) in [6.07, 6.45) is 12.0. The van der Waals surface area contributed by atoms with Gasteiger partial charge in [-0.25, -0.2) is 0 Å². The molecule has 2 atom stereocenters. The molecule has 0 bridgehead atoms. The average Bonchev–Trinajstić information content (AvgIpc) is 3.10. The van der Waals surface area contributed by atoms with Crippen molar-refractivity contribution >= 4 is 0 Å². The van der Waals surface area contributed by atoms with Crippen molar-refractivity contribution in [2.75, 3.05) is 6.61 Å². The van der Waals surface area contributed by atoms with Gasteiger partial charge in [0.2, 0.25) is 0 Å². The topological polar surface area (TPSA) is 53.1 Å². The van der Waals surface area contributed by atoms with E-state index in [0.717, 1.165) is 25.1 Å². The van der Waals surface area contributed by atoms with Gasteiger partial charge in [-0.15, -0.1) is 0 Å². The van der Waals surface area contributed by atoms with Crippen molar-refractivity contribution in [3.8, 4) is 0 Å². The predicted molar refractivity (Wildman–Crippen MR) is 75.0 cm³/mol. The molecule has 0 spiro atoms. The first-order chi connectivity index (χ1) is 9.33. The highest BCUT2D eigenvalue weighted by Gasteiger charge is 2.23. The lowest BCUT2D eigenvalue weighted by Crippen LogP contribution is -2.40. The zero-order chi connectivity index (χ0) is 13.1. The summed E-state index contributed by atoms with van der Waals surface area (Å²) in [6.45, 7) is 0.870. The van der Waals surface area contributed by atoms with Gasteiger partial charge < -0.3 is 10.5 Å². The minimum absolute atomic E-state index is 0.0900. The molecule has 106 valence electrons. The van der Waals surface area contributed by atoms with Gasteiger partial charge in [-0.05, 0) is 38.2 Å². The molecule has 2 unspecified atom stereocenters. The number of nitrogens with zero attached hydrogens (tertiary/aromatic N) is 2. The second-order valence-electron chi connectivity index (χ2n) is 6.00. The van der Waals surface area contributed by atoms with Gasteiger partial charge in [0, 0.05) is 25.3 Å². The summed E-state index contributed by atoms with van der Waals surface area (Å²) < 4.78 is 7.91. The van der Waals surface area contributed by atoms with Crippen molar-refractivity contribution in [3.63, 3.8) is 0 Å². The zero-order valence-electron chi connectivity index (χ0n) is 11.6. The van der Waals surface area contributed by atoms with Crippen molar-refractivity contribution in [2.45, 2.75) is 69.6 Å². The molecule has 1 saturated carbocycles. The molecule has 1 aromatic rings. The fraction of sp³-hybridized carbons (Fsp3) is 0.800. The third-order valence-electron chi connectivity index (χ3n) is 4.50. The normalized spacial score (nSPS) is 26.7. The van der Waals surface area contributed by atoms with Gasteiger partial charge in [-0.1, -0.05) is 12.8 Å². The van der Waals surface area contributed by atoms with Crippen LogP contribution in [0.3, 0.4) is 0 Å². The fourth-order valence-corrected chi connectivity index (χ4v) is 3.33. The summed E-state index contributed by atoms with van der Waals surface area (Å²) >= 11 is 0. The van der Waals surface area contributed by atoms with Crippen LogP contribution in [0.25, 0.3) is 0 Å². The Labute approximate surface area is 115 Å². The second-order valence-corrected chi connectivity index (χ2v) is 6.00. The Morgan fingerprint density at radius 3 is 2.79 bits per heavy atom. The van der Waals surface area contributed by atoms with Crippen molar-refractivity contribution in [1.82, 2.24) is 9.78 Å². The first-order valence-electron chi connectivity index (χ1n) is 7.74. The summed E-state index contributed by atoms with van der Waals surface area (Å²) in [5.41, 5.74) is 7.39. The van der Waals surface area contributed by atoms with Crippen molar-refractivity contribution in [2.24, 2.45) is 5.73 Å². The van der Waals surface area contributed by atoms with E-state index in [1.165, 1.54) is 38.5 Å². The molecular weight excluding hydrogens is 238 g/mol. The van der Waals surface area contributed by atoms with Crippen LogP contribution in [0, 0.1) is 0 Å². The summed E-state index contributed by atoms with van der Waals surface area (Å²) in [7, 11) is 0. The number of ether oxygens (including phenoxy) is 1. The summed E-state index contributed by atoms with van der Waals surface area (Å²) in [5, 5.41) is 4.71. The van der Waals surface area contributed by atoms with E-state index in [4.69, 9.17) is 15.6 Å². The van der Waals surface area contributed by atoms with Crippen LogP contribution < -0.4 is 5.73 Å². The summed E-state index contributed by atoms with van der Waals surface area (Å²) in [4.78, 5) is 0. The van der Waals surface area contributed by atoms with E-state index in [2.05, 4.69) is 16.9 Å². The molecule has 0 amide bonds. The van der Waals surface area contributed by atoms with Crippen LogP contribution in [0.15, 0.2) is 12.3 Å². The van der Waals surface area contributed by atoms with E-state index in [1.807, 2.05) is 0 Å². The van der Waals surface area contributed by atoms with E-state index in [0.29, 0.717) is 6.04 Å². The molecule has 1 saturated heterocycles. The van der Waals surface area contributed by atoms with E-state index in [9.17, 15) is 0 Å². The molecule has 1 aromatic heterocycles. The Bertz CT molecular complexity index is 392. The van der Waals surface area contributed by atoms with Crippen LogP contribution in [-0.2, 0) is 11.2 Å². The van der Waals surface area contributed by atoms with Crippen LogP contribution in [0.1, 0.15) is 56.7 Å². The number of rotatable bonds is 4. The SMILES string of the molecule is NC(Cc1ccn(C2CCCC2)n1)C1CCCCO1. The molecule has 2 heterocycles. The highest BCUT2D eigenvalue weighted by atomic mass is 16.5. The largest absolute Gasteiger partial charge is 0.377 e. The molecule has 4 heteroatoms. The maximum absolute atomic E-state index is 6.27. The summed E-state index contributed by atoms with van der Waals surface area (Å²) in [6, 6.07) is 2.84. The first kappa shape index (κ1) is 13.1. The smallest absolute Gasteiger partial charge is 0.0729 e. The van der Waals surface area contributed by atoms with Crippen molar-refractivity contribution < 1.29 is 4.74 Å². The Morgan fingerprint density at radius 2 is 2.05 bits per heavy atom. The van der Waals surface area contributed by atoms with Crippen LogP contribution in [-0.4, -0.2) is 28.5 Å². The third-order valence-corrected chi connectivity index (χ3v) is 4.50. The quantitative estimate of drug-likeness (QED) is 0.907. The molecule has 2 aliphatic rings. The number of nitrogens with two attached hydrogens (primary N) is 1. The Hall–Kier alpha value is -0.870. The van der Waals surface area contributed by atoms with Gasteiger partial charge in [-0.2, -0.15) is 5.10 Å². The highest BCUT2D eigenvalue weighted by molar-refractivity contribution is 5.03. The maximum Gasteiger partial charge on any atom is 0.0729 e. The molecule has 3 rings (SSSR count). The molecule has 19 heavy (non-hydrogen) atoms. The lowest BCUT2D eigenvalue weighted by atomic mass is 9.99. The molecule has 1 aliphatic carbocycles. The predicted octanol–water partition coefficient (Wildman–Crippen LogP) is 2.44. The molecule has 2 fully saturated rings. The third kappa shape index (κ3) is 3.18. The molecule has 0 radical (unpaired) electrons. The van der Waals surface area contributed by atoms with Crippen molar-refractivity contribution in [3.05, 3.63) is 18.0 Å². The van der Waals surface area contributed by atoms with Crippen LogP contribution >= 0.6 is 0 Å². The fourth-order valence-electron chi connectivity index (χ4n) is 3.33.